The number of carbonyl (C=O) groups excluding carboxylic acids is 1. The molecule has 0 bridgehead atoms. The van der Waals surface area contributed by atoms with Crippen molar-refractivity contribution in [3.05, 3.63) is 23.8 Å². The number of aliphatic imine (C=N–C) groups is 1. The van der Waals surface area contributed by atoms with E-state index in [1.165, 1.54) is 4.90 Å². The largest absolute Gasteiger partial charge is 0.497 e. The Hall–Kier alpha value is -2.48. The molecule has 1 aromatic rings. The molecule has 0 aromatic heterocycles. The number of benzene rings is 1. The number of hydrogen-bond donors (Lipinski definition) is 2. The highest BCUT2D eigenvalue weighted by atomic mass is 16.5. The van der Waals surface area contributed by atoms with Gasteiger partial charge in [0.25, 0.3) is 0 Å². The molecule has 1 atom stereocenters. The highest BCUT2D eigenvalue weighted by Crippen LogP contribution is 2.29. The van der Waals surface area contributed by atoms with Crippen molar-refractivity contribution in [1.82, 2.24) is 15.5 Å². The number of guanidine groups is 1. The second-order valence-electron chi connectivity index (χ2n) is 6.40. The van der Waals surface area contributed by atoms with Crippen LogP contribution in [0.1, 0.15) is 31.9 Å². The van der Waals surface area contributed by atoms with E-state index in [-0.39, 0.29) is 18.5 Å². The average Bonchev–Trinajstić information content (AvgIpc) is 2.70. The third kappa shape index (κ3) is 8.04. The number of ether oxygens (including phenoxy) is 3. The van der Waals surface area contributed by atoms with Gasteiger partial charge in [0.05, 0.1) is 20.3 Å². The molecular formula is C20H34N4O4. The molecule has 2 N–H and O–H groups in total. The van der Waals surface area contributed by atoms with Gasteiger partial charge in [-0.3, -0.25) is 4.79 Å². The molecule has 1 aromatic carbocycles. The zero-order chi connectivity index (χ0) is 20.9. The molecule has 8 heteroatoms. The van der Waals surface area contributed by atoms with Crippen molar-refractivity contribution in [1.29, 1.82) is 0 Å². The van der Waals surface area contributed by atoms with Gasteiger partial charge in [0, 0.05) is 39.4 Å². The Morgan fingerprint density at radius 1 is 1.25 bits per heavy atom. The molecule has 28 heavy (non-hydrogen) atoms. The second-order valence-corrected chi connectivity index (χ2v) is 6.40. The van der Waals surface area contributed by atoms with Crippen LogP contribution >= 0.6 is 0 Å². The van der Waals surface area contributed by atoms with E-state index in [9.17, 15) is 4.79 Å². The number of carbonyl (C=O) groups is 1. The first-order chi connectivity index (χ1) is 13.4. The van der Waals surface area contributed by atoms with Crippen LogP contribution < -0.4 is 20.1 Å². The second kappa shape index (κ2) is 12.8. The zero-order valence-corrected chi connectivity index (χ0v) is 17.9. The molecule has 0 saturated carbocycles. The predicted molar refractivity (Wildman–Crippen MR) is 111 cm³/mol. The highest BCUT2D eigenvalue weighted by molar-refractivity contribution is 5.85. The lowest BCUT2D eigenvalue weighted by molar-refractivity contribution is -0.127. The van der Waals surface area contributed by atoms with Gasteiger partial charge in [-0.15, -0.1) is 0 Å². The number of amides is 1. The van der Waals surface area contributed by atoms with Gasteiger partial charge in [-0.2, -0.15) is 0 Å². The zero-order valence-electron chi connectivity index (χ0n) is 17.9. The molecule has 0 heterocycles. The fourth-order valence-electron chi connectivity index (χ4n) is 2.43. The Kier molecular flexibility index (Phi) is 10.8. The summed E-state index contributed by atoms with van der Waals surface area (Å²) in [6, 6.07) is 5.53. The van der Waals surface area contributed by atoms with Gasteiger partial charge in [-0.25, -0.2) is 4.99 Å². The van der Waals surface area contributed by atoms with Crippen molar-refractivity contribution in [2.75, 3.05) is 54.6 Å². The summed E-state index contributed by atoms with van der Waals surface area (Å²) in [5, 5.41) is 6.59. The molecule has 0 aliphatic carbocycles. The van der Waals surface area contributed by atoms with E-state index >= 15 is 0 Å². The summed E-state index contributed by atoms with van der Waals surface area (Å²) >= 11 is 0. The van der Waals surface area contributed by atoms with Gasteiger partial charge < -0.3 is 29.7 Å². The van der Waals surface area contributed by atoms with Gasteiger partial charge >= 0.3 is 0 Å². The van der Waals surface area contributed by atoms with Gasteiger partial charge in [0.15, 0.2) is 5.96 Å². The van der Waals surface area contributed by atoms with E-state index in [1.807, 2.05) is 32.0 Å². The maximum atomic E-state index is 11.9. The monoisotopic (exact) mass is 394 g/mol. The van der Waals surface area contributed by atoms with Crippen molar-refractivity contribution < 1.29 is 19.0 Å². The number of methoxy groups -OCH3 is 2. The van der Waals surface area contributed by atoms with E-state index in [4.69, 9.17) is 14.2 Å². The summed E-state index contributed by atoms with van der Waals surface area (Å²) in [5.41, 5.74) is 0.935. The van der Waals surface area contributed by atoms with Crippen molar-refractivity contribution in [2.24, 2.45) is 4.99 Å². The van der Waals surface area contributed by atoms with Crippen molar-refractivity contribution >= 4 is 11.9 Å². The molecule has 8 nitrogen and oxygen atoms in total. The SMILES string of the molecule is CCOCCCNC(=NCC(=O)N(C)C)NC(C)c1cc(OC)ccc1OC. The summed E-state index contributed by atoms with van der Waals surface area (Å²) in [6.07, 6.45) is 0.840. The first-order valence-corrected chi connectivity index (χ1v) is 9.47. The van der Waals surface area contributed by atoms with Crippen LogP contribution in [0.3, 0.4) is 0 Å². The van der Waals surface area contributed by atoms with E-state index in [1.54, 1.807) is 28.3 Å². The van der Waals surface area contributed by atoms with Gasteiger partial charge in [-0.05, 0) is 38.5 Å². The number of likely N-dealkylation sites (N-methyl/N-ethyl adjacent to an activating group) is 1. The molecule has 0 aliphatic heterocycles. The van der Waals surface area contributed by atoms with Crippen molar-refractivity contribution in [2.45, 2.75) is 26.3 Å². The first kappa shape index (κ1) is 23.6. The molecule has 0 fully saturated rings. The minimum atomic E-state index is -0.113. The molecule has 0 radical (unpaired) electrons. The van der Waals surface area contributed by atoms with Crippen LogP contribution in [0, 0.1) is 0 Å². The van der Waals surface area contributed by atoms with E-state index in [2.05, 4.69) is 15.6 Å². The Labute approximate surface area is 168 Å². The number of hydrogen-bond acceptors (Lipinski definition) is 5. The third-order valence-corrected chi connectivity index (χ3v) is 4.09. The van der Waals surface area contributed by atoms with Gasteiger partial charge in [0.1, 0.15) is 18.0 Å². The number of rotatable bonds is 11. The van der Waals surface area contributed by atoms with Crippen LogP contribution in [-0.2, 0) is 9.53 Å². The van der Waals surface area contributed by atoms with Crippen molar-refractivity contribution in [3.63, 3.8) is 0 Å². The van der Waals surface area contributed by atoms with Crippen LogP contribution in [0.2, 0.25) is 0 Å². The minimum Gasteiger partial charge on any atom is -0.497 e. The van der Waals surface area contributed by atoms with Crippen LogP contribution in [0.4, 0.5) is 0 Å². The van der Waals surface area contributed by atoms with E-state index in [0.29, 0.717) is 25.7 Å². The molecule has 0 aliphatic rings. The Morgan fingerprint density at radius 2 is 2.00 bits per heavy atom. The summed E-state index contributed by atoms with van der Waals surface area (Å²) in [5.74, 6) is 1.99. The lowest BCUT2D eigenvalue weighted by Gasteiger charge is -2.21. The van der Waals surface area contributed by atoms with Crippen molar-refractivity contribution in [3.8, 4) is 11.5 Å². The Balaban J connectivity index is 2.88. The molecular weight excluding hydrogens is 360 g/mol. The molecule has 158 valence electrons. The summed E-state index contributed by atoms with van der Waals surface area (Å²) in [6.45, 7) is 6.09. The molecule has 1 amide bonds. The predicted octanol–water partition coefficient (Wildman–Crippen LogP) is 1.81. The maximum absolute atomic E-state index is 11.9. The number of nitrogens with one attached hydrogen (secondary N) is 2. The van der Waals surface area contributed by atoms with Crippen LogP contribution in [0.5, 0.6) is 11.5 Å². The fraction of sp³-hybridized carbons (Fsp3) is 0.600. The normalized spacial score (nSPS) is 12.3. The average molecular weight is 395 g/mol. The van der Waals surface area contributed by atoms with Crippen LogP contribution in [0.25, 0.3) is 0 Å². The quantitative estimate of drug-likeness (QED) is 0.338. The topological polar surface area (TPSA) is 84.4 Å². The summed E-state index contributed by atoms with van der Waals surface area (Å²) in [4.78, 5) is 17.8. The third-order valence-electron chi connectivity index (χ3n) is 4.09. The fourth-order valence-corrected chi connectivity index (χ4v) is 2.43. The Morgan fingerprint density at radius 3 is 2.61 bits per heavy atom. The standard InChI is InChI=1S/C20H34N4O4/c1-7-28-12-8-11-21-20(22-14-19(25)24(3)4)23-15(2)17-13-16(26-5)9-10-18(17)27-6/h9-10,13,15H,7-8,11-12,14H2,1-6H3,(H2,21,22,23). The highest BCUT2D eigenvalue weighted by Gasteiger charge is 2.15. The van der Waals surface area contributed by atoms with E-state index in [0.717, 1.165) is 23.5 Å². The summed E-state index contributed by atoms with van der Waals surface area (Å²) < 4.78 is 16.2. The molecule has 0 saturated heterocycles. The van der Waals surface area contributed by atoms with Gasteiger partial charge in [0.2, 0.25) is 5.91 Å². The summed E-state index contributed by atoms with van der Waals surface area (Å²) in [7, 11) is 6.69. The first-order valence-electron chi connectivity index (χ1n) is 9.47. The Bertz CT molecular complexity index is 635. The van der Waals surface area contributed by atoms with Crippen LogP contribution in [0.15, 0.2) is 23.2 Å². The van der Waals surface area contributed by atoms with Gasteiger partial charge in [-0.1, -0.05) is 0 Å². The molecule has 0 spiro atoms. The maximum Gasteiger partial charge on any atom is 0.243 e. The smallest absolute Gasteiger partial charge is 0.243 e. The molecule has 1 rings (SSSR count). The lowest BCUT2D eigenvalue weighted by Crippen LogP contribution is -2.40. The number of nitrogens with zero attached hydrogens (tertiary/aromatic N) is 2. The minimum absolute atomic E-state index is 0.0652. The lowest BCUT2D eigenvalue weighted by atomic mass is 10.1. The van der Waals surface area contributed by atoms with E-state index < -0.39 is 0 Å². The molecule has 1 unspecified atom stereocenters. The van der Waals surface area contributed by atoms with Crippen LogP contribution in [-0.4, -0.2) is 71.4 Å².